The second-order valence-corrected chi connectivity index (χ2v) is 3.34. The number of Topliss-reactive ketones (excluding diaryl/α,β-unsaturated/α-hetero) is 1. The van der Waals surface area contributed by atoms with Gasteiger partial charge in [0.1, 0.15) is 5.60 Å². The molecule has 1 saturated heterocycles. The van der Waals surface area contributed by atoms with E-state index in [2.05, 4.69) is 5.92 Å². The molecule has 0 spiro atoms. The molecule has 0 amide bonds. The van der Waals surface area contributed by atoms with E-state index in [1.807, 2.05) is 6.92 Å². The van der Waals surface area contributed by atoms with Crippen LogP contribution in [0.4, 0.5) is 0 Å². The molecule has 78 valence electrons. The Morgan fingerprint density at radius 2 is 2.21 bits per heavy atom. The molecule has 0 unspecified atom stereocenters. The Hall–Kier alpha value is -0.850. The van der Waals surface area contributed by atoms with E-state index < -0.39 is 5.60 Å². The van der Waals surface area contributed by atoms with Gasteiger partial charge in [-0.15, -0.1) is 6.42 Å². The summed E-state index contributed by atoms with van der Waals surface area (Å²) < 4.78 is 10.8. The minimum atomic E-state index is -0.667. The first-order valence-electron chi connectivity index (χ1n) is 4.93. The Morgan fingerprint density at radius 3 is 2.71 bits per heavy atom. The fraction of sp³-hybridized carbons (Fsp3) is 0.727. The summed E-state index contributed by atoms with van der Waals surface area (Å²) in [4.78, 5) is 11.8. The number of ether oxygens (including phenoxy) is 2. The van der Waals surface area contributed by atoms with Crippen LogP contribution in [-0.2, 0) is 14.3 Å². The first-order valence-corrected chi connectivity index (χ1v) is 4.93. The summed E-state index contributed by atoms with van der Waals surface area (Å²) in [5, 5.41) is 0. The van der Waals surface area contributed by atoms with Crippen LogP contribution in [-0.4, -0.2) is 31.2 Å². The van der Waals surface area contributed by atoms with E-state index in [1.165, 1.54) is 0 Å². The maximum absolute atomic E-state index is 11.8. The van der Waals surface area contributed by atoms with Crippen molar-refractivity contribution in [1.29, 1.82) is 0 Å². The van der Waals surface area contributed by atoms with Crippen LogP contribution < -0.4 is 0 Å². The van der Waals surface area contributed by atoms with Gasteiger partial charge in [0, 0.05) is 32.7 Å². The second kappa shape index (κ2) is 5.14. The summed E-state index contributed by atoms with van der Waals surface area (Å²) in [5.74, 6) is 2.40. The highest BCUT2D eigenvalue weighted by molar-refractivity contribution is 5.89. The molecule has 0 aromatic rings. The number of terminal acetylenes is 1. The predicted octanol–water partition coefficient (Wildman–Crippen LogP) is 1.16. The third-order valence-electron chi connectivity index (χ3n) is 2.49. The van der Waals surface area contributed by atoms with Crippen molar-refractivity contribution in [1.82, 2.24) is 0 Å². The largest absolute Gasteiger partial charge is 0.381 e. The average Bonchev–Trinajstić information content (AvgIpc) is 2.20. The molecule has 0 atom stereocenters. The summed E-state index contributed by atoms with van der Waals surface area (Å²) in [6.45, 7) is 3.59. The van der Waals surface area contributed by atoms with Gasteiger partial charge in [0.2, 0.25) is 0 Å². The first-order chi connectivity index (χ1) is 6.75. The van der Waals surface area contributed by atoms with Gasteiger partial charge >= 0.3 is 0 Å². The zero-order valence-corrected chi connectivity index (χ0v) is 8.54. The van der Waals surface area contributed by atoms with Gasteiger partial charge in [0.15, 0.2) is 5.78 Å². The molecule has 1 rings (SSSR count). The monoisotopic (exact) mass is 196 g/mol. The lowest BCUT2D eigenvalue weighted by Crippen LogP contribution is -2.46. The standard InChI is InChI=1S/C11H16O3/c1-3-5-10(12)11(14-4-2)6-8-13-9-7-11/h1H,4-9H2,2H3. The molecule has 0 radical (unpaired) electrons. The summed E-state index contributed by atoms with van der Waals surface area (Å²) in [5.41, 5.74) is -0.667. The smallest absolute Gasteiger partial charge is 0.176 e. The minimum absolute atomic E-state index is 0.0187. The van der Waals surface area contributed by atoms with Crippen molar-refractivity contribution in [3.8, 4) is 12.3 Å². The molecule has 0 N–H and O–H groups in total. The van der Waals surface area contributed by atoms with Crippen molar-refractivity contribution in [3.05, 3.63) is 0 Å². The normalized spacial score (nSPS) is 20.0. The van der Waals surface area contributed by atoms with Gasteiger partial charge in [-0.2, -0.15) is 0 Å². The van der Waals surface area contributed by atoms with Gasteiger partial charge in [0.25, 0.3) is 0 Å². The van der Waals surface area contributed by atoms with Crippen molar-refractivity contribution in [2.45, 2.75) is 31.8 Å². The van der Waals surface area contributed by atoms with Gasteiger partial charge in [-0.3, -0.25) is 4.79 Å². The highest BCUT2D eigenvalue weighted by Gasteiger charge is 2.39. The fourth-order valence-electron chi connectivity index (χ4n) is 1.73. The van der Waals surface area contributed by atoms with Gasteiger partial charge in [-0.25, -0.2) is 0 Å². The third-order valence-corrected chi connectivity index (χ3v) is 2.49. The van der Waals surface area contributed by atoms with Crippen molar-refractivity contribution in [3.63, 3.8) is 0 Å². The number of hydrogen-bond donors (Lipinski definition) is 0. The number of carbonyl (C=O) groups excluding carboxylic acids is 1. The molecule has 14 heavy (non-hydrogen) atoms. The Balaban J connectivity index is 2.69. The molecule has 3 nitrogen and oxygen atoms in total. The molecule has 0 aliphatic carbocycles. The van der Waals surface area contributed by atoms with Gasteiger partial charge in [0.05, 0.1) is 6.42 Å². The maximum Gasteiger partial charge on any atom is 0.176 e. The molecular weight excluding hydrogens is 180 g/mol. The Morgan fingerprint density at radius 1 is 1.57 bits per heavy atom. The van der Waals surface area contributed by atoms with Crippen molar-refractivity contribution >= 4 is 5.78 Å². The summed E-state index contributed by atoms with van der Waals surface area (Å²) >= 11 is 0. The van der Waals surface area contributed by atoms with Crippen molar-refractivity contribution in [2.75, 3.05) is 19.8 Å². The summed E-state index contributed by atoms with van der Waals surface area (Å²) in [7, 11) is 0. The van der Waals surface area contributed by atoms with Crippen LogP contribution >= 0.6 is 0 Å². The Labute approximate surface area is 84.8 Å². The molecule has 1 aliphatic rings. The average molecular weight is 196 g/mol. The van der Waals surface area contributed by atoms with E-state index in [0.717, 1.165) is 0 Å². The second-order valence-electron chi connectivity index (χ2n) is 3.34. The topological polar surface area (TPSA) is 35.5 Å². The fourth-order valence-corrected chi connectivity index (χ4v) is 1.73. The van der Waals surface area contributed by atoms with E-state index in [4.69, 9.17) is 15.9 Å². The molecule has 0 aromatic heterocycles. The van der Waals surface area contributed by atoms with Crippen molar-refractivity contribution in [2.24, 2.45) is 0 Å². The highest BCUT2D eigenvalue weighted by atomic mass is 16.5. The number of ketones is 1. The number of hydrogen-bond acceptors (Lipinski definition) is 3. The van der Waals surface area contributed by atoms with Crippen molar-refractivity contribution < 1.29 is 14.3 Å². The molecule has 1 aliphatic heterocycles. The van der Waals surface area contributed by atoms with Gasteiger partial charge < -0.3 is 9.47 Å². The van der Waals surface area contributed by atoms with Gasteiger partial charge in [-0.05, 0) is 6.92 Å². The molecule has 1 fully saturated rings. The van der Waals surface area contributed by atoms with Gasteiger partial charge in [-0.1, -0.05) is 5.92 Å². The lowest BCUT2D eigenvalue weighted by atomic mass is 9.88. The van der Waals surface area contributed by atoms with Crippen LogP contribution in [0.5, 0.6) is 0 Å². The molecule has 1 heterocycles. The minimum Gasteiger partial charge on any atom is -0.381 e. The van der Waals surface area contributed by atoms with Crippen LogP contribution in [0.15, 0.2) is 0 Å². The van der Waals surface area contributed by atoms with Crippen LogP contribution in [0.25, 0.3) is 0 Å². The van der Waals surface area contributed by atoms with Crippen LogP contribution in [0.2, 0.25) is 0 Å². The molecule has 0 aromatic carbocycles. The first kappa shape index (κ1) is 11.2. The van der Waals surface area contributed by atoms with E-state index >= 15 is 0 Å². The predicted molar refractivity (Wildman–Crippen MR) is 52.9 cm³/mol. The Bertz CT molecular complexity index is 228. The summed E-state index contributed by atoms with van der Waals surface area (Å²) in [6.07, 6.45) is 6.54. The van der Waals surface area contributed by atoms with Crippen LogP contribution in [0.1, 0.15) is 26.2 Å². The van der Waals surface area contributed by atoms with E-state index in [9.17, 15) is 4.79 Å². The SMILES string of the molecule is C#CCC(=O)C1(OCC)CCOCC1. The third kappa shape index (κ3) is 2.34. The zero-order chi connectivity index (χ0) is 10.4. The molecular formula is C11H16O3. The zero-order valence-electron chi connectivity index (χ0n) is 8.54. The lowest BCUT2D eigenvalue weighted by Gasteiger charge is -2.34. The number of carbonyl (C=O) groups is 1. The summed E-state index contributed by atoms with van der Waals surface area (Å²) in [6, 6.07) is 0. The van der Waals surface area contributed by atoms with E-state index in [0.29, 0.717) is 32.7 Å². The molecule has 0 saturated carbocycles. The highest BCUT2D eigenvalue weighted by Crippen LogP contribution is 2.27. The van der Waals surface area contributed by atoms with E-state index in [-0.39, 0.29) is 12.2 Å². The van der Waals surface area contributed by atoms with Crippen LogP contribution in [0.3, 0.4) is 0 Å². The maximum atomic E-state index is 11.8. The molecule has 0 bridgehead atoms. The van der Waals surface area contributed by atoms with Crippen LogP contribution in [0, 0.1) is 12.3 Å². The molecule has 3 heteroatoms. The Kier molecular flexibility index (Phi) is 4.12. The number of rotatable bonds is 4. The van der Waals surface area contributed by atoms with E-state index in [1.54, 1.807) is 0 Å². The quantitative estimate of drug-likeness (QED) is 0.633. The lowest BCUT2D eigenvalue weighted by molar-refractivity contribution is -0.156.